The van der Waals surface area contributed by atoms with Crippen molar-refractivity contribution < 1.29 is 19.5 Å². The Hall–Kier alpha value is -1.96. The molecule has 0 fully saturated rings. The molecule has 0 atom stereocenters. The lowest BCUT2D eigenvalue weighted by Crippen LogP contribution is -2.08. The fourth-order valence-corrected chi connectivity index (χ4v) is 1.25. The van der Waals surface area contributed by atoms with Crippen LogP contribution in [-0.2, 0) is 14.4 Å². The van der Waals surface area contributed by atoms with Crippen molar-refractivity contribution in [1.82, 2.24) is 4.98 Å². The molecule has 0 bridgehead atoms. The number of aldehydes is 1. The van der Waals surface area contributed by atoms with Crippen LogP contribution in [0.15, 0.2) is 10.5 Å². The highest BCUT2D eigenvalue weighted by Gasteiger charge is 2.07. The van der Waals surface area contributed by atoms with Crippen LogP contribution in [-0.4, -0.2) is 34.7 Å². The number of oxime groups is 1. The Kier molecular flexibility index (Phi) is 3.75. The number of carboxylic acids is 1. The van der Waals surface area contributed by atoms with E-state index in [1.165, 1.54) is 5.38 Å². The quantitative estimate of drug-likeness (QED) is 0.408. The second-order valence-corrected chi connectivity index (χ2v) is 3.22. The highest BCUT2D eigenvalue weighted by atomic mass is 32.1. The average Bonchev–Trinajstić information content (AvgIpc) is 2.59. The van der Waals surface area contributed by atoms with E-state index in [0.717, 1.165) is 11.3 Å². The maximum Gasteiger partial charge on any atom is 0.344 e. The van der Waals surface area contributed by atoms with Crippen molar-refractivity contribution in [3.05, 3.63) is 11.1 Å². The van der Waals surface area contributed by atoms with Crippen molar-refractivity contribution in [3.8, 4) is 0 Å². The molecule has 0 unspecified atom stereocenters. The molecule has 7 nitrogen and oxygen atoms in total. The molecule has 1 rings (SSSR count). The number of nitrogens with two attached hydrogens (primary N) is 1. The number of hydrogen-bond acceptors (Lipinski definition) is 7. The van der Waals surface area contributed by atoms with Crippen LogP contribution in [0.25, 0.3) is 0 Å². The van der Waals surface area contributed by atoms with Crippen LogP contribution in [0.1, 0.15) is 5.69 Å². The molecule has 1 aromatic heterocycles. The Morgan fingerprint density at radius 2 is 2.53 bits per heavy atom. The summed E-state index contributed by atoms with van der Waals surface area (Å²) in [7, 11) is 0. The molecule has 0 aliphatic heterocycles. The number of nitrogens with zero attached hydrogens (tertiary/aromatic N) is 2. The average molecular weight is 229 g/mol. The number of thiazole rings is 1. The summed E-state index contributed by atoms with van der Waals surface area (Å²) in [6, 6.07) is 0. The zero-order valence-electron chi connectivity index (χ0n) is 7.41. The Morgan fingerprint density at radius 3 is 3.00 bits per heavy atom. The van der Waals surface area contributed by atoms with Crippen molar-refractivity contribution in [1.29, 1.82) is 0 Å². The minimum absolute atomic E-state index is 0.0933. The number of carbonyl (C=O) groups is 2. The van der Waals surface area contributed by atoms with Gasteiger partial charge in [-0.05, 0) is 0 Å². The summed E-state index contributed by atoms with van der Waals surface area (Å²) in [6.45, 7) is -0.614. The first-order valence-corrected chi connectivity index (χ1v) is 4.59. The Balaban J connectivity index is 2.71. The maximum absolute atomic E-state index is 10.6. The van der Waals surface area contributed by atoms with Gasteiger partial charge in [-0.1, -0.05) is 5.16 Å². The number of aromatic nitrogens is 1. The molecule has 0 amide bonds. The first-order chi connectivity index (χ1) is 7.13. The third-order valence-electron chi connectivity index (χ3n) is 1.25. The minimum Gasteiger partial charge on any atom is -0.479 e. The normalized spacial score (nSPS) is 11.1. The number of anilines is 1. The minimum atomic E-state index is -1.18. The first kappa shape index (κ1) is 11.1. The van der Waals surface area contributed by atoms with E-state index in [1.807, 2.05) is 0 Å². The molecule has 0 aromatic carbocycles. The largest absolute Gasteiger partial charge is 0.479 e. The monoisotopic (exact) mass is 229 g/mol. The van der Waals surface area contributed by atoms with E-state index in [4.69, 9.17) is 10.8 Å². The third-order valence-corrected chi connectivity index (χ3v) is 1.92. The first-order valence-electron chi connectivity index (χ1n) is 3.71. The zero-order chi connectivity index (χ0) is 11.3. The SMILES string of the molecule is Nc1nc(/C(C=O)=N/OCC(=O)O)cs1. The van der Waals surface area contributed by atoms with Gasteiger partial charge in [0.1, 0.15) is 5.69 Å². The van der Waals surface area contributed by atoms with Crippen LogP contribution >= 0.6 is 11.3 Å². The smallest absolute Gasteiger partial charge is 0.344 e. The molecule has 0 aliphatic rings. The topological polar surface area (TPSA) is 115 Å². The molecule has 1 heterocycles. The number of hydrogen-bond donors (Lipinski definition) is 2. The molecule has 0 spiro atoms. The van der Waals surface area contributed by atoms with Crippen molar-refractivity contribution in [2.45, 2.75) is 0 Å². The molecule has 0 saturated carbocycles. The fraction of sp³-hybridized carbons (Fsp3) is 0.143. The Labute approximate surface area is 88.2 Å². The van der Waals surface area contributed by atoms with E-state index in [1.54, 1.807) is 0 Å². The number of aliphatic carboxylic acids is 1. The van der Waals surface area contributed by atoms with Crippen molar-refractivity contribution in [2.24, 2.45) is 5.16 Å². The summed E-state index contributed by atoms with van der Waals surface area (Å²) >= 11 is 1.14. The molecule has 0 radical (unpaired) electrons. The maximum atomic E-state index is 10.6. The highest BCUT2D eigenvalue weighted by molar-refractivity contribution is 7.13. The molecule has 80 valence electrons. The van der Waals surface area contributed by atoms with E-state index in [2.05, 4.69) is 15.0 Å². The molecule has 15 heavy (non-hydrogen) atoms. The Morgan fingerprint density at radius 1 is 1.80 bits per heavy atom. The summed E-state index contributed by atoms with van der Waals surface area (Å²) < 4.78 is 0. The van der Waals surface area contributed by atoms with E-state index in [9.17, 15) is 9.59 Å². The van der Waals surface area contributed by atoms with Crippen molar-refractivity contribution >= 4 is 34.4 Å². The number of carbonyl (C=O) groups excluding carboxylic acids is 1. The van der Waals surface area contributed by atoms with Gasteiger partial charge in [0, 0.05) is 5.38 Å². The number of carboxylic acid groups (broad SMARTS) is 1. The van der Waals surface area contributed by atoms with Gasteiger partial charge in [0.2, 0.25) is 6.61 Å². The number of rotatable bonds is 5. The van der Waals surface area contributed by atoms with Gasteiger partial charge >= 0.3 is 5.97 Å². The predicted octanol–water partition coefficient (Wildman–Crippen LogP) is -0.271. The summed E-state index contributed by atoms with van der Waals surface area (Å²) in [5.41, 5.74) is 5.52. The third kappa shape index (κ3) is 3.35. The molecule has 3 N–H and O–H groups in total. The van der Waals surface area contributed by atoms with Crippen LogP contribution in [0, 0.1) is 0 Å². The lowest BCUT2D eigenvalue weighted by atomic mass is 10.3. The van der Waals surface area contributed by atoms with E-state index in [-0.39, 0.29) is 16.5 Å². The van der Waals surface area contributed by atoms with Gasteiger partial charge in [-0.25, -0.2) is 9.78 Å². The van der Waals surface area contributed by atoms with Gasteiger partial charge in [0.15, 0.2) is 17.1 Å². The molecule has 0 aliphatic carbocycles. The summed E-state index contributed by atoms with van der Waals surface area (Å²) in [6.07, 6.45) is 0.413. The second-order valence-electron chi connectivity index (χ2n) is 2.33. The molecule has 8 heteroatoms. The highest BCUT2D eigenvalue weighted by Crippen LogP contribution is 2.11. The van der Waals surface area contributed by atoms with Gasteiger partial charge in [-0.15, -0.1) is 11.3 Å². The van der Waals surface area contributed by atoms with Crippen LogP contribution in [0.5, 0.6) is 0 Å². The van der Waals surface area contributed by atoms with E-state index >= 15 is 0 Å². The summed E-state index contributed by atoms with van der Waals surface area (Å²) in [4.78, 5) is 28.8. The lowest BCUT2D eigenvalue weighted by Gasteiger charge is -1.95. The second kappa shape index (κ2) is 5.05. The van der Waals surface area contributed by atoms with Crippen molar-refractivity contribution in [3.63, 3.8) is 0 Å². The van der Waals surface area contributed by atoms with Crippen molar-refractivity contribution in [2.75, 3.05) is 12.3 Å². The van der Waals surface area contributed by atoms with E-state index in [0.29, 0.717) is 6.29 Å². The number of nitrogen functional groups attached to an aromatic ring is 1. The van der Waals surface area contributed by atoms with Crippen LogP contribution in [0.2, 0.25) is 0 Å². The lowest BCUT2D eigenvalue weighted by molar-refractivity contribution is -0.142. The summed E-state index contributed by atoms with van der Waals surface area (Å²) in [5.74, 6) is -1.18. The standard InChI is InChI=1S/C7H7N3O4S/c8-7-9-5(3-15-7)4(1-11)10-14-2-6(12)13/h1,3H,2H2,(H2,8,9)(H,12,13)/b10-4+. The van der Waals surface area contributed by atoms with Crippen LogP contribution in [0.4, 0.5) is 5.13 Å². The zero-order valence-corrected chi connectivity index (χ0v) is 8.23. The van der Waals surface area contributed by atoms with Crippen LogP contribution < -0.4 is 5.73 Å². The van der Waals surface area contributed by atoms with Gasteiger partial charge in [0.05, 0.1) is 0 Å². The predicted molar refractivity (Wildman–Crippen MR) is 52.7 cm³/mol. The fourth-order valence-electron chi connectivity index (χ4n) is 0.691. The van der Waals surface area contributed by atoms with Gasteiger partial charge in [0.25, 0.3) is 0 Å². The molecular weight excluding hydrogens is 222 g/mol. The van der Waals surface area contributed by atoms with E-state index < -0.39 is 12.6 Å². The molecule has 0 saturated heterocycles. The van der Waals surface area contributed by atoms with Crippen LogP contribution in [0.3, 0.4) is 0 Å². The van der Waals surface area contributed by atoms with Gasteiger partial charge in [-0.2, -0.15) is 0 Å². The molecule has 1 aromatic rings. The Bertz CT molecular complexity index is 401. The summed E-state index contributed by atoms with van der Waals surface area (Å²) in [5, 5.41) is 13.4. The van der Waals surface area contributed by atoms with Gasteiger partial charge < -0.3 is 15.7 Å². The van der Waals surface area contributed by atoms with Gasteiger partial charge in [-0.3, -0.25) is 4.79 Å². The molecular formula is C7H7N3O4S.